The lowest BCUT2D eigenvalue weighted by Crippen LogP contribution is -2.34. The number of anilines is 1. The summed E-state index contributed by atoms with van der Waals surface area (Å²) in [5.74, 6) is 0. The average molecular weight is 232 g/mol. The first-order valence-corrected chi connectivity index (χ1v) is 6.58. The molecule has 0 bridgehead atoms. The van der Waals surface area contributed by atoms with Crippen molar-refractivity contribution in [3.63, 3.8) is 0 Å². The number of hydrogen-bond acceptors (Lipinski definition) is 2. The fourth-order valence-corrected chi connectivity index (χ4v) is 3.32. The Morgan fingerprint density at radius 1 is 1.24 bits per heavy atom. The Balaban J connectivity index is 2.56. The van der Waals surface area contributed by atoms with Crippen LogP contribution in [0.2, 0.25) is 0 Å². The maximum atomic E-state index is 6.12. The molecule has 0 atom stereocenters. The third-order valence-electron chi connectivity index (χ3n) is 4.21. The number of hydrogen-bond donors (Lipinski definition) is 1. The molecule has 0 radical (unpaired) electrons. The van der Waals surface area contributed by atoms with E-state index in [0.717, 1.165) is 6.54 Å². The Morgan fingerprint density at radius 3 is 2.41 bits per heavy atom. The number of rotatable bonds is 3. The molecular weight excluding hydrogens is 208 g/mol. The fraction of sp³-hybridized carbons (Fsp3) is 0.600. The Labute approximate surface area is 105 Å². The van der Waals surface area contributed by atoms with E-state index >= 15 is 0 Å². The van der Waals surface area contributed by atoms with Crippen LogP contribution in [-0.2, 0) is 5.41 Å². The molecule has 17 heavy (non-hydrogen) atoms. The van der Waals surface area contributed by atoms with Crippen LogP contribution in [0.5, 0.6) is 0 Å². The minimum atomic E-state index is 0.227. The van der Waals surface area contributed by atoms with Crippen LogP contribution in [0.15, 0.2) is 18.2 Å². The third-order valence-corrected chi connectivity index (χ3v) is 4.21. The van der Waals surface area contributed by atoms with Crippen molar-refractivity contribution in [2.24, 2.45) is 5.73 Å². The fourth-order valence-electron chi connectivity index (χ4n) is 3.32. The van der Waals surface area contributed by atoms with Gasteiger partial charge in [-0.2, -0.15) is 0 Å². The van der Waals surface area contributed by atoms with Crippen molar-refractivity contribution in [3.05, 3.63) is 29.3 Å². The summed E-state index contributed by atoms with van der Waals surface area (Å²) in [5.41, 5.74) is 10.6. The molecule has 1 saturated carbocycles. The molecule has 94 valence electrons. The van der Waals surface area contributed by atoms with Crippen LogP contribution in [0.1, 0.15) is 36.8 Å². The summed E-state index contributed by atoms with van der Waals surface area (Å²) in [5, 5.41) is 0. The van der Waals surface area contributed by atoms with Gasteiger partial charge < -0.3 is 10.6 Å². The van der Waals surface area contributed by atoms with Gasteiger partial charge in [0.15, 0.2) is 0 Å². The van der Waals surface area contributed by atoms with Gasteiger partial charge in [-0.25, -0.2) is 0 Å². The van der Waals surface area contributed by atoms with Crippen LogP contribution in [0, 0.1) is 6.92 Å². The van der Waals surface area contributed by atoms with Gasteiger partial charge in [0, 0.05) is 31.7 Å². The highest BCUT2D eigenvalue weighted by Crippen LogP contribution is 2.45. The van der Waals surface area contributed by atoms with Gasteiger partial charge in [-0.1, -0.05) is 25.0 Å². The normalized spacial score (nSPS) is 18.4. The van der Waals surface area contributed by atoms with Crippen LogP contribution in [0.3, 0.4) is 0 Å². The van der Waals surface area contributed by atoms with Gasteiger partial charge in [0.25, 0.3) is 0 Å². The molecule has 1 aromatic rings. The Hall–Kier alpha value is -1.02. The van der Waals surface area contributed by atoms with Gasteiger partial charge in [0.2, 0.25) is 0 Å². The molecule has 2 rings (SSSR count). The summed E-state index contributed by atoms with van der Waals surface area (Å²) in [6.07, 6.45) is 5.13. The second kappa shape index (κ2) is 4.69. The van der Waals surface area contributed by atoms with Gasteiger partial charge in [0.05, 0.1) is 0 Å². The van der Waals surface area contributed by atoms with Crippen molar-refractivity contribution in [1.29, 1.82) is 0 Å². The van der Waals surface area contributed by atoms with E-state index in [1.54, 1.807) is 0 Å². The standard InChI is InChI=1S/C15H24N2/c1-12-7-6-8-13(17(2)3)14(12)15(11-16)9-4-5-10-15/h6-8H,4-5,9-11,16H2,1-3H3. The van der Waals surface area contributed by atoms with E-state index in [0.29, 0.717) is 0 Å². The minimum Gasteiger partial charge on any atom is -0.377 e. The van der Waals surface area contributed by atoms with E-state index < -0.39 is 0 Å². The quantitative estimate of drug-likeness (QED) is 0.868. The van der Waals surface area contributed by atoms with Crippen molar-refractivity contribution in [1.82, 2.24) is 0 Å². The topological polar surface area (TPSA) is 29.3 Å². The molecule has 0 heterocycles. The summed E-state index contributed by atoms with van der Waals surface area (Å²) in [6, 6.07) is 6.59. The molecule has 0 unspecified atom stereocenters. The zero-order chi connectivity index (χ0) is 12.5. The number of nitrogens with two attached hydrogens (primary N) is 1. The number of nitrogens with zero attached hydrogens (tertiary/aromatic N) is 1. The molecule has 0 spiro atoms. The summed E-state index contributed by atoms with van der Waals surface area (Å²) in [7, 11) is 4.24. The number of benzene rings is 1. The molecule has 1 fully saturated rings. The molecule has 1 aliphatic carbocycles. The third kappa shape index (κ3) is 2.06. The van der Waals surface area contributed by atoms with E-state index in [1.807, 2.05) is 0 Å². The molecule has 0 aromatic heterocycles. The minimum absolute atomic E-state index is 0.227. The summed E-state index contributed by atoms with van der Waals surface area (Å²) < 4.78 is 0. The van der Waals surface area contributed by atoms with Crippen LogP contribution < -0.4 is 10.6 Å². The first-order chi connectivity index (χ1) is 8.10. The van der Waals surface area contributed by atoms with E-state index in [-0.39, 0.29) is 5.41 Å². The van der Waals surface area contributed by atoms with Crippen molar-refractivity contribution in [2.75, 3.05) is 25.5 Å². The maximum Gasteiger partial charge on any atom is 0.0402 e. The van der Waals surface area contributed by atoms with Crippen LogP contribution in [-0.4, -0.2) is 20.6 Å². The second-order valence-electron chi connectivity index (χ2n) is 5.56. The maximum absolute atomic E-state index is 6.12. The average Bonchev–Trinajstić information content (AvgIpc) is 2.78. The lowest BCUT2D eigenvalue weighted by molar-refractivity contribution is 0.451. The first-order valence-electron chi connectivity index (χ1n) is 6.58. The van der Waals surface area contributed by atoms with E-state index in [2.05, 4.69) is 44.1 Å². The van der Waals surface area contributed by atoms with Gasteiger partial charge in [0.1, 0.15) is 0 Å². The molecule has 0 aliphatic heterocycles. The first kappa shape index (κ1) is 12.4. The van der Waals surface area contributed by atoms with E-state index in [9.17, 15) is 0 Å². The largest absolute Gasteiger partial charge is 0.377 e. The predicted octanol–water partition coefficient (Wildman–Crippen LogP) is 2.83. The molecule has 0 saturated heterocycles. The van der Waals surface area contributed by atoms with E-state index in [4.69, 9.17) is 5.73 Å². The molecule has 1 aromatic carbocycles. The van der Waals surface area contributed by atoms with Crippen LogP contribution in [0.4, 0.5) is 5.69 Å². The molecule has 2 nitrogen and oxygen atoms in total. The van der Waals surface area contributed by atoms with Crippen LogP contribution in [0.25, 0.3) is 0 Å². The zero-order valence-electron chi connectivity index (χ0n) is 11.3. The Morgan fingerprint density at radius 2 is 1.88 bits per heavy atom. The number of aryl methyl sites for hydroxylation is 1. The highest BCUT2D eigenvalue weighted by atomic mass is 15.1. The molecule has 0 amide bonds. The Bertz CT molecular complexity index is 390. The Kier molecular flexibility index (Phi) is 3.43. The summed E-state index contributed by atoms with van der Waals surface area (Å²) in [6.45, 7) is 3.00. The van der Waals surface area contributed by atoms with Crippen LogP contribution >= 0.6 is 0 Å². The van der Waals surface area contributed by atoms with Crippen molar-refractivity contribution >= 4 is 5.69 Å². The van der Waals surface area contributed by atoms with Crippen molar-refractivity contribution in [2.45, 2.75) is 38.0 Å². The SMILES string of the molecule is Cc1cccc(N(C)C)c1C1(CN)CCCC1. The lowest BCUT2D eigenvalue weighted by Gasteiger charge is -2.34. The second-order valence-corrected chi connectivity index (χ2v) is 5.56. The van der Waals surface area contributed by atoms with Crippen molar-refractivity contribution < 1.29 is 0 Å². The summed E-state index contributed by atoms with van der Waals surface area (Å²) in [4.78, 5) is 2.22. The zero-order valence-corrected chi connectivity index (χ0v) is 11.3. The van der Waals surface area contributed by atoms with Gasteiger partial charge in [-0.15, -0.1) is 0 Å². The molecule has 1 aliphatic rings. The van der Waals surface area contributed by atoms with Gasteiger partial charge in [-0.3, -0.25) is 0 Å². The van der Waals surface area contributed by atoms with Gasteiger partial charge in [-0.05, 0) is 37.0 Å². The molecule has 2 N–H and O–H groups in total. The molecule has 2 heteroatoms. The monoisotopic (exact) mass is 232 g/mol. The molecular formula is C15H24N2. The van der Waals surface area contributed by atoms with E-state index in [1.165, 1.54) is 42.5 Å². The highest BCUT2D eigenvalue weighted by molar-refractivity contribution is 5.59. The summed E-state index contributed by atoms with van der Waals surface area (Å²) >= 11 is 0. The van der Waals surface area contributed by atoms with Crippen molar-refractivity contribution in [3.8, 4) is 0 Å². The highest BCUT2D eigenvalue weighted by Gasteiger charge is 2.37. The lowest BCUT2D eigenvalue weighted by atomic mass is 9.76. The smallest absolute Gasteiger partial charge is 0.0402 e. The predicted molar refractivity (Wildman–Crippen MR) is 74.7 cm³/mol. The van der Waals surface area contributed by atoms with Gasteiger partial charge >= 0.3 is 0 Å².